The average molecular weight is 463 g/mol. The highest BCUT2D eigenvalue weighted by molar-refractivity contribution is 6.05. The van der Waals surface area contributed by atoms with Crippen LogP contribution >= 0.6 is 0 Å². The zero-order valence-electron chi connectivity index (χ0n) is 19.7. The molecule has 6 nitrogen and oxygen atoms in total. The van der Waals surface area contributed by atoms with Gasteiger partial charge in [-0.3, -0.25) is 14.4 Å². The second-order valence-corrected chi connectivity index (χ2v) is 9.58. The quantitative estimate of drug-likeness (QED) is 0.555. The van der Waals surface area contributed by atoms with Gasteiger partial charge in [-0.1, -0.05) is 48.0 Å². The molecule has 0 spiro atoms. The van der Waals surface area contributed by atoms with Crippen molar-refractivity contribution in [3.05, 3.63) is 77.3 Å². The lowest BCUT2D eigenvalue weighted by Crippen LogP contribution is -2.60. The summed E-state index contributed by atoms with van der Waals surface area (Å²) in [7, 11) is 0. The van der Waals surface area contributed by atoms with Crippen LogP contribution in [0.15, 0.2) is 60.2 Å². The number of benzene rings is 2. The van der Waals surface area contributed by atoms with Gasteiger partial charge in [-0.05, 0) is 38.8 Å². The molecule has 2 saturated heterocycles. The number of amides is 1. The van der Waals surface area contributed by atoms with Crippen LogP contribution in [0, 0.1) is 5.82 Å². The molecule has 178 valence electrons. The molecule has 0 radical (unpaired) electrons. The smallest absolute Gasteiger partial charge is 0.272 e. The molecule has 0 saturated carbocycles. The van der Waals surface area contributed by atoms with Gasteiger partial charge in [0.2, 0.25) is 0 Å². The van der Waals surface area contributed by atoms with Crippen LogP contribution in [0.4, 0.5) is 4.39 Å². The number of aromatic nitrogens is 2. The molecule has 7 heteroatoms. The topological polar surface area (TPSA) is 59.4 Å². The van der Waals surface area contributed by atoms with Crippen molar-refractivity contribution >= 4 is 16.8 Å². The number of allylic oxidation sites excluding steroid dienone is 2. The fourth-order valence-electron chi connectivity index (χ4n) is 5.15. The number of nitrogens with zero attached hydrogens (tertiary/aromatic N) is 3. The van der Waals surface area contributed by atoms with Gasteiger partial charge >= 0.3 is 0 Å². The third-order valence-electron chi connectivity index (χ3n) is 6.86. The van der Waals surface area contributed by atoms with Crippen molar-refractivity contribution in [1.82, 2.24) is 20.0 Å². The largest absolute Gasteiger partial charge is 0.378 e. The zero-order chi connectivity index (χ0) is 23.7. The van der Waals surface area contributed by atoms with Gasteiger partial charge in [-0.2, -0.15) is 5.10 Å². The van der Waals surface area contributed by atoms with Gasteiger partial charge < -0.3 is 10.1 Å². The van der Waals surface area contributed by atoms with Gasteiger partial charge in [-0.15, -0.1) is 0 Å². The van der Waals surface area contributed by atoms with Crippen LogP contribution in [0.5, 0.6) is 0 Å². The molecule has 0 aliphatic carbocycles. The SMILES string of the molecule is CC(C)=CCn1nc(C(=O)NC2C[C@H]3COC[C@@H](C2)N3Cc2ccccc2F)c2ccccc21. The number of hydrogen-bond acceptors (Lipinski definition) is 4. The summed E-state index contributed by atoms with van der Waals surface area (Å²) in [5.74, 6) is -0.314. The summed E-state index contributed by atoms with van der Waals surface area (Å²) in [6.45, 7) is 6.49. The summed E-state index contributed by atoms with van der Waals surface area (Å²) in [5, 5.41) is 8.77. The predicted molar refractivity (Wildman–Crippen MR) is 130 cm³/mol. The van der Waals surface area contributed by atoms with Crippen LogP contribution in [-0.4, -0.2) is 51.9 Å². The van der Waals surface area contributed by atoms with E-state index in [1.54, 1.807) is 6.07 Å². The predicted octanol–water partition coefficient (Wildman–Crippen LogP) is 4.30. The van der Waals surface area contributed by atoms with Gasteiger partial charge in [0, 0.05) is 35.6 Å². The fraction of sp³-hybridized carbons (Fsp3) is 0.407. The molecular weight excluding hydrogens is 431 g/mol. The van der Waals surface area contributed by atoms with Gasteiger partial charge in [0.25, 0.3) is 5.91 Å². The first-order chi connectivity index (χ1) is 16.5. The van der Waals surface area contributed by atoms with E-state index in [1.807, 2.05) is 41.1 Å². The Balaban J connectivity index is 1.31. The first-order valence-corrected chi connectivity index (χ1v) is 12.0. The molecule has 3 aromatic rings. The Kier molecular flexibility index (Phi) is 6.48. The molecule has 1 unspecified atom stereocenters. The minimum atomic E-state index is -0.174. The van der Waals surface area contributed by atoms with Crippen molar-refractivity contribution in [2.75, 3.05) is 13.2 Å². The van der Waals surface area contributed by atoms with E-state index in [-0.39, 0.29) is 29.8 Å². The van der Waals surface area contributed by atoms with E-state index in [2.05, 4.69) is 35.2 Å². The van der Waals surface area contributed by atoms with E-state index in [4.69, 9.17) is 4.74 Å². The van der Waals surface area contributed by atoms with E-state index < -0.39 is 0 Å². The van der Waals surface area contributed by atoms with Crippen LogP contribution in [0.2, 0.25) is 0 Å². The van der Waals surface area contributed by atoms with E-state index in [1.165, 1.54) is 11.6 Å². The zero-order valence-corrected chi connectivity index (χ0v) is 19.7. The Bertz CT molecular complexity index is 1200. The molecule has 1 N–H and O–H groups in total. The highest BCUT2D eigenvalue weighted by Crippen LogP contribution is 2.30. The number of rotatable bonds is 6. The maximum Gasteiger partial charge on any atom is 0.272 e. The Morgan fingerprint density at radius 1 is 1.12 bits per heavy atom. The lowest BCUT2D eigenvalue weighted by Gasteiger charge is -2.48. The number of carbonyl (C=O) groups excluding carboxylic acids is 1. The molecule has 5 rings (SSSR count). The van der Waals surface area contributed by atoms with Gasteiger partial charge in [-0.25, -0.2) is 4.39 Å². The Hall–Kier alpha value is -3.03. The first kappa shape index (κ1) is 22.7. The van der Waals surface area contributed by atoms with Crippen molar-refractivity contribution in [1.29, 1.82) is 0 Å². The fourth-order valence-corrected chi connectivity index (χ4v) is 5.15. The van der Waals surface area contributed by atoms with Gasteiger partial charge in [0.15, 0.2) is 5.69 Å². The van der Waals surface area contributed by atoms with Crippen LogP contribution < -0.4 is 5.32 Å². The Morgan fingerprint density at radius 2 is 1.82 bits per heavy atom. The Labute approximate surface area is 199 Å². The maximum absolute atomic E-state index is 14.3. The van der Waals surface area contributed by atoms with E-state index in [0.29, 0.717) is 37.6 Å². The Morgan fingerprint density at radius 3 is 2.56 bits per heavy atom. The lowest BCUT2D eigenvalue weighted by atomic mass is 9.89. The number of carbonyl (C=O) groups is 1. The van der Waals surface area contributed by atoms with E-state index in [0.717, 1.165) is 23.7 Å². The number of fused-ring (bicyclic) bond motifs is 3. The number of ether oxygens (including phenoxy) is 1. The van der Waals surface area contributed by atoms with Crippen molar-refractivity contribution in [3.8, 4) is 0 Å². The molecule has 1 amide bonds. The second kappa shape index (κ2) is 9.68. The summed E-state index contributed by atoms with van der Waals surface area (Å²) in [5.41, 5.74) is 3.33. The van der Waals surface area contributed by atoms with Crippen LogP contribution in [0.25, 0.3) is 10.9 Å². The molecule has 2 aromatic carbocycles. The lowest BCUT2D eigenvalue weighted by molar-refractivity contribution is -0.0846. The molecular formula is C27H31FN4O2. The maximum atomic E-state index is 14.3. The molecule has 1 aromatic heterocycles. The van der Waals surface area contributed by atoms with E-state index in [9.17, 15) is 9.18 Å². The molecule has 2 aliphatic rings. The number of para-hydroxylation sites is 1. The number of halogens is 1. The average Bonchev–Trinajstić information content (AvgIpc) is 3.18. The van der Waals surface area contributed by atoms with Crippen LogP contribution in [-0.2, 0) is 17.8 Å². The third-order valence-corrected chi connectivity index (χ3v) is 6.86. The minimum Gasteiger partial charge on any atom is -0.378 e. The van der Waals surface area contributed by atoms with Crippen molar-refractivity contribution in [3.63, 3.8) is 0 Å². The molecule has 3 heterocycles. The van der Waals surface area contributed by atoms with Gasteiger partial charge in [0.1, 0.15) is 5.82 Å². The summed E-state index contributed by atoms with van der Waals surface area (Å²) in [6.07, 6.45) is 3.65. The van der Waals surface area contributed by atoms with Crippen molar-refractivity contribution in [2.45, 2.75) is 57.9 Å². The standard InChI is InChI=1S/C27H31FN4O2/c1-18(2)11-12-32-25-10-6-4-8-23(25)26(30-32)27(33)29-20-13-21-16-34-17-22(14-20)31(21)15-19-7-3-5-9-24(19)28/h3-11,20-22H,12-17H2,1-2H3,(H,29,33)/t20?,21-,22+. The summed E-state index contributed by atoms with van der Waals surface area (Å²) in [4.78, 5) is 15.7. The monoisotopic (exact) mass is 462 g/mol. The molecule has 34 heavy (non-hydrogen) atoms. The number of hydrogen-bond donors (Lipinski definition) is 1. The third kappa shape index (κ3) is 4.63. The second-order valence-electron chi connectivity index (χ2n) is 9.58. The summed E-state index contributed by atoms with van der Waals surface area (Å²) >= 11 is 0. The highest BCUT2D eigenvalue weighted by Gasteiger charge is 2.40. The van der Waals surface area contributed by atoms with E-state index >= 15 is 0 Å². The number of morpholine rings is 1. The molecule has 2 aliphatic heterocycles. The highest BCUT2D eigenvalue weighted by atomic mass is 19.1. The molecule has 2 fully saturated rings. The number of nitrogens with one attached hydrogen (secondary N) is 1. The van der Waals surface area contributed by atoms with Gasteiger partial charge in [0.05, 0.1) is 25.3 Å². The summed E-state index contributed by atoms with van der Waals surface area (Å²) in [6, 6.07) is 15.1. The molecule has 3 atom stereocenters. The first-order valence-electron chi connectivity index (χ1n) is 12.0. The van der Waals surface area contributed by atoms with Crippen LogP contribution in [0.1, 0.15) is 42.7 Å². The van der Waals surface area contributed by atoms with Crippen LogP contribution in [0.3, 0.4) is 0 Å². The minimum absolute atomic E-state index is 0.0324. The van der Waals surface area contributed by atoms with Crippen molar-refractivity contribution < 1.29 is 13.9 Å². The van der Waals surface area contributed by atoms with Crippen molar-refractivity contribution in [2.24, 2.45) is 0 Å². The summed E-state index contributed by atoms with van der Waals surface area (Å²) < 4.78 is 22.0. The number of piperidine rings is 1. The molecule has 2 bridgehead atoms. The normalized spacial score (nSPS) is 22.5.